The summed E-state index contributed by atoms with van der Waals surface area (Å²) in [7, 11) is 4.17. The van der Waals surface area contributed by atoms with Crippen LogP contribution in [0.5, 0.6) is 0 Å². The Bertz CT molecular complexity index is 439. The average molecular weight is 296 g/mol. The van der Waals surface area contributed by atoms with Crippen LogP contribution < -0.4 is 0 Å². The number of carbonyl (C=O) groups is 1. The number of hydrogen-bond acceptors (Lipinski definition) is 3. The monoisotopic (exact) mass is 295 g/mol. The first-order valence-electron chi connectivity index (χ1n) is 6.98. The van der Waals surface area contributed by atoms with E-state index in [9.17, 15) is 4.79 Å². The van der Waals surface area contributed by atoms with Crippen molar-refractivity contribution in [2.75, 3.05) is 53.4 Å². The van der Waals surface area contributed by atoms with Gasteiger partial charge in [0, 0.05) is 49.9 Å². The molecule has 1 aromatic rings. The van der Waals surface area contributed by atoms with Gasteiger partial charge in [0.2, 0.25) is 0 Å². The van der Waals surface area contributed by atoms with Gasteiger partial charge in [-0.25, -0.2) is 0 Å². The predicted molar refractivity (Wildman–Crippen MR) is 82.3 cm³/mol. The maximum absolute atomic E-state index is 12.3. The Morgan fingerprint density at radius 3 is 2.30 bits per heavy atom. The Hall–Kier alpha value is -1.10. The quantitative estimate of drug-likeness (QED) is 0.845. The van der Waals surface area contributed by atoms with Crippen LogP contribution in [-0.2, 0) is 0 Å². The number of likely N-dealkylation sites (N-methyl/N-ethyl adjacent to an activating group) is 1. The molecular weight excluding hydrogens is 274 g/mol. The fourth-order valence-electron chi connectivity index (χ4n) is 2.29. The summed E-state index contributed by atoms with van der Waals surface area (Å²) in [6.45, 7) is 5.63. The Balaban J connectivity index is 1.84. The van der Waals surface area contributed by atoms with Gasteiger partial charge in [-0.2, -0.15) is 0 Å². The molecule has 1 aliphatic rings. The van der Waals surface area contributed by atoms with E-state index < -0.39 is 0 Å². The SMILES string of the molecule is CN(C)CCN1CCN(C(=O)c2ccc(Cl)cc2)CC1. The van der Waals surface area contributed by atoms with Gasteiger partial charge in [0.25, 0.3) is 5.91 Å². The third kappa shape index (κ3) is 4.20. The van der Waals surface area contributed by atoms with E-state index in [0.29, 0.717) is 5.02 Å². The minimum absolute atomic E-state index is 0.105. The van der Waals surface area contributed by atoms with E-state index in [4.69, 9.17) is 11.6 Å². The molecule has 5 heteroatoms. The molecule has 1 saturated heterocycles. The first-order valence-corrected chi connectivity index (χ1v) is 7.36. The molecule has 0 spiro atoms. The fourth-order valence-corrected chi connectivity index (χ4v) is 2.42. The zero-order valence-electron chi connectivity index (χ0n) is 12.2. The number of rotatable bonds is 4. The molecule has 0 saturated carbocycles. The van der Waals surface area contributed by atoms with Crippen LogP contribution >= 0.6 is 11.6 Å². The number of benzene rings is 1. The molecule has 1 aliphatic heterocycles. The van der Waals surface area contributed by atoms with Gasteiger partial charge < -0.3 is 9.80 Å². The highest BCUT2D eigenvalue weighted by molar-refractivity contribution is 6.30. The lowest BCUT2D eigenvalue weighted by molar-refractivity contribution is 0.0630. The molecule has 20 heavy (non-hydrogen) atoms. The third-order valence-corrected chi connectivity index (χ3v) is 3.87. The summed E-state index contributed by atoms with van der Waals surface area (Å²) in [5.74, 6) is 0.105. The normalized spacial score (nSPS) is 16.7. The summed E-state index contributed by atoms with van der Waals surface area (Å²) in [6, 6.07) is 7.12. The van der Waals surface area contributed by atoms with E-state index in [1.807, 2.05) is 4.90 Å². The molecule has 2 rings (SSSR count). The summed E-state index contributed by atoms with van der Waals surface area (Å²) in [6.07, 6.45) is 0. The largest absolute Gasteiger partial charge is 0.336 e. The first-order chi connectivity index (χ1) is 9.56. The number of hydrogen-bond donors (Lipinski definition) is 0. The van der Waals surface area contributed by atoms with E-state index >= 15 is 0 Å². The third-order valence-electron chi connectivity index (χ3n) is 3.61. The van der Waals surface area contributed by atoms with Crippen LogP contribution in [-0.4, -0.2) is 74.0 Å². The zero-order valence-corrected chi connectivity index (χ0v) is 12.9. The molecule has 0 aromatic heterocycles. The first kappa shape index (κ1) is 15.3. The van der Waals surface area contributed by atoms with Crippen LogP contribution in [0.15, 0.2) is 24.3 Å². The Morgan fingerprint density at radius 1 is 1.15 bits per heavy atom. The van der Waals surface area contributed by atoms with Crippen molar-refractivity contribution >= 4 is 17.5 Å². The molecule has 0 bridgehead atoms. The van der Waals surface area contributed by atoms with Crippen molar-refractivity contribution in [1.29, 1.82) is 0 Å². The Labute approximate surface area is 125 Å². The average Bonchev–Trinajstić information content (AvgIpc) is 2.46. The maximum Gasteiger partial charge on any atom is 0.253 e. The number of amides is 1. The van der Waals surface area contributed by atoms with Gasteiger partial charge in [0.1, 0.15) is 0 Å². The van der Waals surface area contributed by atoms with Crippen LogP contribution in [0, 0.1) is 0 Å². The topological polar surface area (TPSA) is 26.8 Å². The van der Waals surface area contributed by atoms with Crippen LogP contribution in [0.25, 0.3) is 0 Å². The van der Waals surface area contributed by atoms with E-state index in [-0.39, 0.29) is 5.91 Å². The van der Waals surface area contributed by atoms with Crippen LogP contribution in [0.2, 0.25) is 5.02 Å². The fraction of sp³-hybridized carbons (Fsp3) is 0.533. The van der Waals surface area contributed by atoms with Crippen molar-refractivity contribution in [2.24, 2.45) is 0 Å². The number of nitrogens with zero attached hydrogens (tertiary/aromatic N) is 3. The number of piperazine rings is 1. The molecule has 0 radical (unpaired) electrons. The molecule has 4 nitrogen and oxygen atoms in total. The molecule has 110 valence electrons. The summed E-state index contributed by atoms with van der Waals surface area (Å²) in [4.78, 5) is 18.9. The van der Waals surface area contributed by atoms with Crippen molar-refractivity contribution in [2.45, 2.75) is 0 Å². The molecule has 1 heterocycles. The van der Waals surface area contributed by atoms with Gasteiger partial charge in [-0.05, 0) is 38.4 Å². The summed E-state index contributed by atoms with van der Waals surface area (Å²) >= 11 is 5.85. The lowest BCUT2D eigenvalue weighted by atomic mass is 10.2. The summed E-state index contributed by atoms with van der Waals surface area (Å²) in [5.41, 5.74) is 0.719. The van der Waals surface area contributed by atoms with E-state index in [1.165, 1.54) is 0 Å². The molecular formula is C15H22ClN3O. The van der Waals surface area contributed by atoms with E-state index in [2.05, 4.69) is 23.9 Å². The molecule has 0 atom stereocenters. The molecule has 0 aliphatic carbocycles. The maximum atomic E-state index is 12.3. The second-order valence-corrected chi connectivity index (χ2v) is 5.88. The van der Waals surface area contributed by atoms with Gasteiger partial charge in [-0.3, -0.25) is 9.69 Å². The van der Waals surface area contributed by atoms with E-state index in [1.54, 1.807) is 24.3 Å². The zero-order chi connectivity index (χ0) is 14.5. The van der Waals surface area contributed by atoms with Crippen molar-refractivity contribution in [3.63, 3.8) is 0 Å². The Kier molecular flexibility index (Phi) is 5.40. The van der Waals surface area contributed by atoms with Gasteiger partial charge in [-0.1, -0.05) is 11.6 Å². The highest BCUT2D eigenvalue weighted by Crippen LogP contribution is 2.13. The van der Waals surface area contributed by atoms with Crippen LogP contribution in [0.3, 0.4) is 0 Å². The predicted octanol–water partition coefficient (Wildman–Crippen LogP) is 1.66. The highest BCUT2D eigenvalue weighted by atomic mass is 35.5. The summed E-state index contributed by atoms with van der Waals surface area (Å²) < 4.78 is 0. The number of halogens is 1. The van der Waals surface area contributed by atoms with Gasteiger partial charge >= 0.3 is 0 Å². The molecule has 0 N–H and O–H groups in total. The Morgan fingerprint density at radius 2 is 1.75 bits per heavy atom. The lowest BCUT2D eigenvalue weighted by Crippen LogP contribution is -2.49. The molecule has 1 aromatic carbocycles. The lowest BCUT2D eigenvalue weighted by Gasteiger charge is -2.35. The molecule has 1 amide bonds. The van der Waals surface area contributed by atoms with Crippen molar-refractivity contribution in [3.05, 3.63) is 34.9 Å². The molecule has 0 unspecified atom stereocenters. The second-order valence-electron chi connectivity index (χ2n) is 5.44. The van der Waals surface area contributed by atoms with Crippen molar-refractivity contribution in [3.8, 4) is 0 Å². The van der Waals surface area contributed by atoms with Gasteiger partial charge in [0.15, 0.2) is 0 Å². The standard InChI is InChI=1S/C15H22ClN3O/c1-17(2)7-8-18-9-11-19(12-10-18)15(20)13-3-5-14(16)6-4-13/h3-6H,7-12H2,1-2H3. The smallest absolute Gasteiger partial charge is 0.253 e. The van der Waals surface area contributed by atoms with Crippen LogP contribution in [0.4, 0.5) is 0 Å². The molecule has 1 fully saturated rings. The number of carbonyl (C=O) groups excluding carboxylic acids is 1. The summed E-state index contributed by atoms with van der Waals surface area (Å²) in [5, 5.41) is 0.662. The van der Waals surface area contributed by atoms with Crippen LogP contribution in [0.1, 0.15) is 10.4 Å². The second kappa shape index (κ2) is 7.07. The van der Waals surface area contributed by atoms with Gasteiger partial charge in [0.05, 0.1) is 0 Å². The van der Waals surface area contributed by atoms with Gasteiger partial charge in [-0.15, -0.1) is 0 Å². The highest BCUT2D eigenvalue weighted by Gasteiger charge is 2.21. The van der Waals surface area contributed by atoms with Crippen molar-refractivity contribution < 1.29 is 4.79 Å². The van der Waals surface area contributed by atoms with E-state index in [0.717, 1.165) is 44.8 Å². The van der Waals surface area contributed by atoms with Crippen molar-refractivity contribution in [1.82, 2.24) is 14.7 Å². The minimum Gasteiger partial charge on any atom is -0.336 e. The minimum atomic E-state index is 0.105.